The Hall–Kier alpha value is -2.74. The predicted octanol–water partition coefficient (Wildman–Crippen LogP) is 2.59. The summed E-state index contributed by atoms with van der Waals surface area (Å²) in [6, 6.07) is 1.66. The summed E-state index contributed by atoms with van der Waals surface area (Å²) in [4.78, 5) is 29.2. The summed E-state index contributed by atoms with van der Waals surface area (Å²) in [7, 11) is 0. The van der Waals surface area contributed by atoms with E-state index in [1.165, 1.54) is 0 Å². The van der Waals surface area contributed by atoms with E-state index in [4.69, 9.17) is 5.73 Å². The van der Waals surface area contributed by atoms with Crippen LogP contribution in [0.3, 0.4) is 0 Å². The molecule has 2 aromatic rings. The lowest BCUT2D eigenvalue weighted by Crippen LogP contribution is -2.43. The van der Waals surface area contributed by atoms with Gasteiger partial charge in [-0.2, -0.15) is 0 Å². The number of aryl methyl sites for hydroxylation is 1. The zero-order valence-corrected chi connectivity index (χ0v) is 16.1. The molecule has 1 saturated carbocycles. The molecule has 0 saturated heterocycles. The number of hydrogen-bond donors (Lipinski definition) is 3. The summed E-state index contributed by atoms with van der Waals surface area (Å²) in [5, 5.41) is 5.90. The Labute approximate surface area is 167 Å². The van der Waals surface area contributed by atoms with Crippen molar-refractivity contribution >= 4 is 17.5 Å². The molecule has 3 aliphatic rings. The van der Waals surface area contributed by atoms with Crippen LogP contribution in [0, 0.1) is 5.82 Å². The maximum atomic E-state index is 15.2. The number of fused-ring (bicyclic) bond motifs is 2. The number of aromatic nitrogens is 2. The van der Waals surface area contributed by atoms with Crippen LogP contribution in [0.1, 0.15) is 64.9 Å². The Balaban J connectivity index is 1.60. The molecular formula is C21H24FN5O2. The summed E-state index contributed by atoms with van der Waals surface area (Å²) in [6.45, 7) is 0.881. The molecule has 152 valence electrons. The Morgan fingerprint density at radius 3 is 2.86 bits per heavy atom. The molecule has 0 bridgehead atoms. The lowest BCUT2D eigenvalue weighted by Gasteiger charge is -2.30. The van der Waals surface area contributed by atoms with Gasteiger partial charge < -0.3 is 20.9 Å². The SMILES string of the molecule is N[C@H]1CCCC[C@H]1Nc1nc(-c2cc3n(c2)CCCC3=O)c2c(c1F)CNC2=O. The van der Waals surface area contributed by atoms with Crippen LogP contribution in [0.5, 0.6) is 0 Å². The lowest BCUT2D eigenvalue weighted by molar-refractivity contribution is 0.0951. The third kappa shape index (κ3) is 3.02. The zero-order chi connectivity index (χ0) is 20.1. The van der Waals surface area contributed by atoms with Gasteiger partial charge in [0.15, 0.2) is 17.4 Å². The van der Waals surface area contributed by atoms with E-state index in [2.05, 4.69) is 15.6 Å². The van der Waals surface area contributed by atoms with Gasteiger partial charge in [-0.1, -0.05) is 12.8 Å². The van der Waals surface area contributed by atoms with Gasteiger partial charge in [-0.05, 0) is 25.3 Å². The van der Waals surface area contributed by atoms with Crippen molar-refractivity contribution in [3.63, 3.8) is 0 Å². The van der Waals surface area contributed by atoms with Crippen LogP contribution >= 0.6 is 0 Å². The molecule has 0 spiro atoms. The maximum absolute atomic E-state index is 15.2. The van der Waals surface area contributed by atoms with E-state index in [9.17, 15) is 9.59 Å². The molecule has 8 heteroatoms. The largest absolute Gasteiger partial charge is 0.363 e. The van der Waals surface area contributed by atoms with E-state index in [0.717, 1.165) is 38.6 Å². The van der Waals surface area contributed by atoms with Gasteiger partial charge in [-0.25, -0.2) is 9.37 Å². The summed E-state index contributed by atoms with van der Waals surface area (Å²) >= 11 is 0. The van der Waals surface area contributed by atoms with Gasteiger partial charge in [-0.15, -0.1) is 0 Å². The minimum absolute atomic E-state index is 0.0504. The first kappa shape index (κ1) is 18.3. The number of anilines is 1. The number of nitrogens with zero attached hydrogens (tertiary/aromatic N) is 2. The molecule has 2 aromatic heterocycles. The molecule has 1 amide bonds. The number of nitrogens with two attached hydrogens (primary N) is 1. The van der Waals surface area contributed by atoms with Crippen LogP contribution < -0.4 is 16.4 Å². The molecule has 7 nitrogen and oxygen atoms in total. The first-order chi connectivity index (χ1) is 14.0. The standard InChI is InChI=1S/C21H24FN5O2/c22-18-12-9-24-21(29)17(12)19(11-8-15-16(28)6-3-7-27(15)10-11)26-20(18)25-14-5-2-1-4-13(14)23/h8,10,13-14H,1-7,9,23H2,(H,24,29)(H,25,26)/t13-,14+/m0/s1. The van der Waals surface area contributed by atoms with Crippen LogP contribution in [0.15, 0.2) is 12.3 Å². The topological polar surface area (TPSA) is 102 Å². The number of pyridine rings is 1. The highest BCUT2D eigenvalue weighted by atomic mass is 19.1. The van der Waals surface area contributed by atoms with Crippen molar-refractivity contribution in [3.8, 4) is 11.3 Å². The fourth-order valence-corrected chi connectivity index (χ4v) is 4.70. The van der Waals surface area contributed by atoms with Crippen LogP contribution in [0.2, 0.25) is 0 Å². The first-order valence-corrected chi connectivity index (χ1v) is 10.3. The number of Topliss-reactive ketones (excluding diaryl/α,β-unsaturated/α-hetero) is 1. The maximum Gasteiger partial charge on any atom is 0.254 e. The van der Waals surface area contributed by atoms with E-state index < -0.39 is 5.82 Å². The Bertz CT molecular complexity index is 1010. The van der Waals surface area contributed by atoms with Crippen molar-refractivity contribution in [2.45, 2.75) is 63.7 Å². The van der Waals surface area contributed by atoms with Crippen molar-refractivity contribution in [1.29, 1.82) is 0 Å². The molecule has 1 aliphatic carbocycles. The quantitative estimate of drug-likeness (QED) is 0.739. The Morgan fingerprint density at radius 2 is 2.07 bits per heavy atom. The van der Waals surface area contributed by atoms with Crippen LogP contribution in [0.25, 0.3) is 11.3 Å². The van der Waals surface area contributed by atoms with Gasteiger partial charge in [0.25, 0.3) is 5.91 Å². The minimum Gasteiger partial charge on any atom is -0.363 e. The Morgan fingerprint density at radius 1 is 1.24 bits per heavy atom. The first-order valence-electron chi connectivity index (χ1n) is 10.3. The lowest BCUT2D eigenvalue weighted by atomic mass is 9.91. The third-order valence-electron chi connectivity index (χ3n) is 6.29. The van der Waals surface area contributed by atoms with Crippen molar-refractivity contribution in [2.75, 3.05) is 5.32 Å². The second-order valence-electron chi connectivity index (χ2n) is 8.19. The van der Waals surface area contributed by atoms with Gasteiger partial charge in [0, 0.05) is 48.9 Å². The van der Waals surface area contributed by atoms with Crippen molar-refractivity contribution < 1.29 is 14.0 Å². The second kappa shape index (κ2) is 6.95. The predicted molar refractivity (Wildman–Crippen MR) is 106 cm³/mol. The smallest absolute Gasteiger partial charge is 0.254 e. The molecule has 2 aliphatic heterocycles. The average molecular weight is 397 g/mol. The molecule has 0 radical (unpaired) electrons. The zero-order valence-electron chi connectivity index (χ0n) is 16.1. The summed E-state index contributed by atoms with van der Waals surface area (Å²) in [6.07, 6.45) is 7.03. The van der Waals surface area contributed by atoms with Crippen LogP contribution in [0.4, 0.5) is 10.2 Å². The van der Waals surface area contributed by atoms with Crippen molar-refractivity contribution in [1.82, 2.24) is 14.9 Å². The fourth-order valence-electron chi connectivity index (χ4n) is 4.70. The Kier molecular flexibility index (Phi) is 4.38. The van der Waals surface area contributed by atoms with Crippen LogP contribution in [-0.2, 0) is 13.1 Å². The van der Waals surface area contributed by atoms with Gasteiger partial charge in [0.1, 0.15) is 0 Å². The molecule has 4 heterocycles. The molecule has 0 aromatic carbocycles. The number of nitrogens with one attached hydrogen (secondary N) is 2. The van der Waals surface area contributed by atoms with Gasteiger partial charge >= 0.3 is 0 Å². The minimum atomic E-state index is -0.500. The van der Waals surface area contributed by atoms with Crippen LogP contribution in [-0.4, -0.2) is 33.3 Å². The number of carbonyl (C=O) groups excluding carboxylic acids is 2. The number of ketones is 1. The normalized spacial score (nSPS) is 23.5. The van der Waals surface area contributed by atoms with Gasteiger partial charge in [-0.3, -0.25) is 9.59 Å². The summed E-state index contributed by atoms with van der Waals surface area (Å²) in [5.74, 6) is -0.622. The molecule has 5 rings (SSSR count). The highest BCUT2D eigenvalue weighted by Crippen LogP contribution is 2.35. The van der Waals surface area contributed by atoms with E-state index in [1.54, 1.807) is 6.07 Å². The monoisotopic (exact) mass is 397 g/mol. The molecular weight excluding hydrogens is 373 g/mol. The highest BCUT2D eigenvalue weighted by Gasteiger charge is 2.33. The number of amides is 1. The highest BCUT2D eigenvalue weighted by molar-refractivity contribution is 6.05. The third-order valence-corrected chi connectivity index (χ3v) is 6.29. The van der Waals surface area contributed by atoms with Crippen molar-refractivity contribution in [3.05, 3.63) is 34.9 Å². The molecule has 2 atom stereocenters. The van der Waals surface area contributed by atoms with E-state index >= 15 is 4.39 Å². The number of rotatable bonds is 3. The van der Waals surface area contributed by atoms with Gasteiger partial charge in [0.2, 0.25) is 0 Å². The van der Waals surface area contributed by atoms with E-state index in [1.807, 2.05) is 10.8 Å². The molecule has 29 heavy (non-hydrogen) atoms. The molecule has 4 N–H and O–H groups in total. The van der Waals surface area contributed by atoms with Gasteiger partial charge in [0.05, 0.1) is 17.0 Å². The number of hydrogen-bond acceptors (Lipinski definition) is 5. The van der Waals surface area contributed by atoms with E-state index in [-0.39, 0.29) is 41.7 Å². The number of halogens is 1. The number of carbonyl (C=O) groups is 2. The summed E-state index contributed by atoms with van der Waals surface area (Å²) < 4.78 is 17.1. The fraction of sp³-hybridized carbons (Fsp3) is 0.476. The summed E-state index contributed by atoms with van der Waals surface area (Å²) in [5.41, 5.74) is 8.50. The average Bonchev–Trinajstić information content (AvgIpc) is 3.31. The molecule has 0 unspecified atom stereocenters. The second-order valence-corrected chi connectivity index (χ2v) is 8.19. The van der Waals surface area contributed by atoms with E-state index in [0.29, 0.717) is 28.9 Å². The molecule has 1 fully saturated rings. The van der Waals surface area contributed by atoms with Crippen molar-refractivity contribution in [2.24, 2.45) is 5.73 Å².